The molecule has 0 amide bonds. The van der Waals surface area contributed by atoms with Crippen LogP contribution in [0.1, 0.15) is 30.9 Å². The second kappa shape index (κ2) is 9.00. The zero-order valence-corrected chi connectivity index (χ0v) is 17.7. The van der Waals surface area contributed by atoms with E-state index in [0.717, 1.165) is 36.3 Å². The van der Waals surface area contributed by atoms with Crippen molar-refractivity contribution in [2.75, 3.05) is 18.2 Å². The summed E-state index contributed by atoms with van der Waals surface area (Å²) in [4.78, 5) is 12.7. The maximum Gasteiger partial charge on any atom is 0.222 e. The summed E-state index contributed by atoms with van der Waals surface area (Å²) in [5.41, 5.74) is 15.4. The van der Waals surface area contributed by atoms with Gasteiger partial charge in [-0.15, -0.1) is 0 Å². The molecule has 4 rings (SSSR count). The molecule has 10 heteroatoms. The molecule has 0 saturated carbocycles. The van der Waals surface area contributed by atoms with Gasteiger partial charge >= 0.3 is 0 Å². The van der Waals surface area contributed by atoms with Gasteiger partial charge in [-0.25, -0.2) is 9.97 Å². The normalized spacial score (nSPS) is 12.2. The SMILES string of the molecule is CCCC(N)Nc1nc(N)nc2cn(Cc3ccc(Cn4ccnc4)cc3OC)nc12. The van der Waals surface area contributed by atoms with Crippen molar-refractivity contribution < 1.29 is 4.74 Å². The van der Waals surface area contributed by atoms with Gasteiger partial charge in [0, 0.05) is 24.5 Å². The minimum absolute atomic E-state index is 0.180. The largest absolute Gasteiger partial charge is 0.496 e. The van der Waals surface area contributed by atoms with Crippen molar-refractivity contribution in [1.82, 2.24) is 29.3 Å². The summed E-state index contributed by atoms with van der Waals surface area (Å²) < 4.78 is 9.45. The summed E-state index contributed by atoms with van der Waals surface area (Å²) in [5, 5.41) is 7.86. The van der Waals surface area contributed by atoms with Crippen molar-refractivity contribution in [3.8, 4) is 5.75 Å². The molecule has 3 aromatic heterocycles. The van der Waals surface area contributed by atoms with Gasteiger partial charge in [-0.05, 0) is 18.1 Å². The van der Waals surface area contributed by atoms with E-state index in [9.17, 15) is 0 Å². The quantitative estimate of drug-likeness (QED) is 0.350. The molecule has 5 N–H and O–H groups in total. The standard InChI is InChI=1S/C21H27N9O/c1-3-4-18(22)26-20-19-16(25-21(23)27-20)12-30(28-19)11-15-6-5-14(9-17(15)31-2)10-29-8-7-24-13-29/h5-9,12-13,18H,3-4,10-11,22H2,1-2H3,(H3,23,25,26,27). The summed E-state index contributed by atoms with van der Waals surface area (Å²) in [7, 11) is 1.67. The van der Waals surface area contributed by atoms with Crippen molar-refractivity contribution in [3.63, 3.8) is 0 Å². The number of nitrogens with one attached hydrogen (secondary N) is 1. The number of rotatable bonds is 9. The average molecular weight is 422 g/mol. The zero-order chi connectivity index (χ0) is 21.8. The van der Waals surface area contributed by atoms with Crippen LogP contribution in [-0.4, -0.2) is 42.6 Å². The maximum absolute atomic E-state index is 6.12. The summed E-state index contributed by atoms with van der Waals surface area (Å²) in [6.45, 7) is 3.32. The molecule has 0 aliphatic carbocycles. The number of nitrogen functional groups attached to an aromatic ring is 1. The first-order chi connectivity index (χ1) is 15.1. The molecule has 3 heterocycles. The van der Waals surface area contributed by atoms with E-state index >= 15 is 0 Å². The van der Waals surface area contributed by atoms with E-state index in [2.05, 4.69) is 38.4 Å². The first-order valence-corrected chi connectivity index (χ1v) is 10.2. The zero-order valence-electron chi connectivity index (χ0n) is 17.7. The highest BCUT2D eigenvalue weighted by Crippen LogP contribution is 2.24. The second-order valence-corrected chi connectivity index (χ2v) is 7.41. The van der Waals surface area contributed by atoms with Crippen LogP contribution in [-0.2, 0) is 13.1 Å². The highest BCUT2D eigenvalue weighted by Gasteiger charge is 2.14. The van der Waals surface area contributed by atoms with Crippen molar-refractivity contribution in [2.45, 2.75) is 39.0 Å². The Hall–Kier alpha value is -3.66. The smallest absolute Gasteiger partial charge is 0.222 e. The third-order valence-electron chi connectivity index (χ3n) is 4.96. The van der Waals surface area contributed by atoms with E-state index in [4.69, 9.17) is 16.2 Å². The molecule has 1 atom stereocenters. The van der Waals surface area contributed by atoms with Gasteiger partial charge < -0.3 is 26.1 Å². The van der Waals surface area contributed by atoms with Crippen LogP contribution < -0.4 is 21.5 Å². The minimum atomic E-state index is -0.226. The number of hydrogen-bond acceptors (Lipinski definition) is 8. The number of anilines is 2. The van der Waals surface area contributed by atoms with Crippen LogP contribution in [0.25, 0.3) is 11.0 Å². The molecule has 0 bridgehead atoms. The molecule has 0 fully saturated rings. The molecule has 4 aromatic rings. The maximum atomic E-state index is 6.12. The predicted octanol–water partition coefficient (Wildman–Crippen LogP) is 2.21. The summed E-state index contributed by atoms with van der Waals surface area (Å²) >= 11 is 0. The number of imidazole rings is 1. The number of ether oxygens (including phenoxy) is 1. The summed E-state index contributed by atoms with van der Waals surface area (Å²) in [6.07, 6.45) is 8.89. The highest BCUT2D eigenvalue weighted by molar-refractivity contribution is 5.85. The van der Waals surface area contributed by atoms with E-state index in [-0.39, 0.29) is 12.1 Å². The molecule has 31 heavy (non-hydrogen) atoms. The molecule has 10 nitrogen and oxygen atoms in total. The van der Waals surface area contributed by atoms with E-state index in [0.29, 0.717) is 23.4 Å². The number of fused-ring (bicyclic) bond motifs is 1. The summed E-state index contributed by atoms with van der Waals surface area (Å²) in [5.74, 6) is 1.52. The number of aromatic nitrogens is 6. The Labute approximate surface area is 180 Å². The number of hydrogen-bond donors (Lipinski definition) is 3. The van der Waals surface area contributed by atoms with Crippen molar-refractivity contribution in [1.29, 1.82) is 0 Å². The van der Waals surface area contributed by atoms with Crippen LogP contribution in [0.2, 0.25) is 0 Å². The molecule has 1 unspecified atom stereocenters. The Balaban J connectivity index is 1.59. The van der Waals surface area contributed by atoms with Gasteiger partial charge in [-0.3, -0.25) is 4.68 Å². The van der Waals surface area contributed by atoms with Gasteiger partial charge in [0.2, 0.25) is 5.95 Å². The fraction of sp³-hybridized carbons (Fsp3) is 0.333. The molecular formula is C21H27N9O. The first-order valence-electron chi connectivity index (χ1n) is 10.2. The second-order valence-electron chi connectivity index (χ2n) is 7.41. The number of benzene rings is 1. The lowest BCUT2D eigenvalue weighted by atomic mass is 10.1. The number of nitrogens with zero attached hydrogens (tertiary/aromatic N) is 6. The predicted molar refractivity (Wildman–Crippen MR) is 120 cm³/mol. The Morgan fingerprint density at radius 3 is 2.84 bits per heavy atom. The van der Waals surface area contributed by atoms with E-state index in [1.54, 1.807) is 19.6 Å². The van der Waals surface area contributed by atoms with Gasteiger partial charge in [0.1, 0.15) is 11.3 Å². The molecule has 1 aromatic carbocycles. The van der Waals surface area contributed by atoms with Crippen molar-refractivity contribution in [3.05, 3.63) is 54.2 Å². The molecule has 0 aliphatic rings. The Morgan fingerprint density at radius 1 is 1.23 bits per heavy atom. The topological polar surface area (TPSA) is 135 Å². The van der Waals surface area contributed by atoms with Crippen LogP contribution in [0.3, 0.4) is 0 Å². The molecule has 162 valence electrons. The molecule has 0 saturated heterocycles. The molecule has 0 radical (unpaired) electrons. The van der Waals surface area contributed by atoms with E-state index < -0.39 is 0 Å². The fourth-order valence-corrected chi connectivity index (χ4v) is 3.50. The summed E-state index contributed by atoms with van der Waals surface area (Å²) in [6, 6.07) is 6.16. The van der Waals surface area contributed by atoms with Gasteiger partial charge in [0.05, 0.1) is 32.3 Å². The van der Waals surface area contributed by atoms with Gasteiger partial charge in [-0.1, -0.05) is 25.5 Å². The van der Waals surface area contributed by atoms with Crippen LogP contribution in [0.4, 0.5) is 11.8 Å². The Bertz CT molecular complexity index is 1150. The number of nitrogens with two attached hydrogens (primary N) is 2. The van der Waals surface area contributed by atoms with Gasteiger partial charge in [0.25, 0.3) is 0 Å². The molecule has 0 spiro atoms. The molecule has 0 aliphatic heterocycles. The van der Waals surface area contributed by atoms with Gasteiger partial charge in [-0.2, -0.15) is 10.1 Å². The minimum Gasteiger partial charge on any atom is -0.496 e. The highest BCUT2D eigenvalue weighted by atomic mass is 16.5. The van der Waals surface area contributed by atoms with Crippen LogP contribution in [0, 0.1) is 0 Å². The number of methoxy groups -OCH3 is 1. The Kier molecular flexibility index (Phi) is 5.99. The van der Waals surface area contributed by atoms with Crippen LogP contribution in [0.5, 0.6) is 5.75 Å². The van der Waals surface area contributed by atoms with Gasteiger partial charge in [0.15, 0.2) is 11.3 Å². The monoisotopic (exact) mass is 421 g/mol. The Morgan fingerprint density at radius 2 is 2.10 bits per heavy atom. The lowest BCUT2D eigenvalue weighted by Gasteiger charge is -2.13. The van der Waals surface area contributed by atoms with Crippen LogP contribution in [0.15, 0.2) is 43.1 Å². The van der Waals surface area contributed by atoms with Crippen molar-refractivity contribution >= 4 is 22.8 Å². The lowest BCUT2D eigenvalue weighted by Crippen LogP contribution is -2.29. The lowest BCUT2D eigenvalue weighted by molar-refractivity contribution is 0.406. The van der Waals surface area contributed by atoms with E-state index in [1.165, 1.54) is 0 Å². The third kappa shape index (κ3) is 4.75. The van der Waals surface area contributed by atoms with E-state index in [1.807, 2.05) is 33.8 Å². The first kappa shape index (κ1) is 20.6. The third-order valence-corrected chi connectivity index (χ3v) is 4.96. The van der Waals surface area contributed by atoms with Crippen LogP contribution >= 0.6 is 0 Å². The molecular weight excluding hydrogens is 394 g/mol. The average Bonchev–Trinajstić information content (AvgIpc) is 3.38. The fourth-order valence-electron chi connectivity index (χ4n) is 3.50. The van der Waals surface area contributed by atoms with Crippen molar-refractivity contribution in [2.24, 2.45) is 5.73 Å².